The number of fused-ring (bicyclic) bond motifs is 1. The molecule has 1 amide bonds. The van der Waals surface area contributed by atoms with Crippen molar-refractivity contribution in [1.29, 1.82) is 0 Å². The normalized spacial score (nSPS) is 16.3. The van der Waals surface area contributed by atoms with E-state index in [1.807, 2.05) is 38.1 Å². The summed E-state index contributed by atoms with van der Waals surface area (Å²) in [5, 5.41) is 19.8. The van der Waals surface area contributed by atoms with Crippen molar-refractivity contribution in [2.24, 2.45) is 0 Å². The average molecular weight is 516 g/mol. The number of nitrogens with one attached hydrogen (secondary N) is 3. The van der Waals surface area contributed by atoms with E-state index in [1.165, 1.54) is 30.0 Å². The molecule has 0 spiro atoms. The van der Waals surface area contributed by atoms with Crippen molar-refractivity contribution in [1.82, 2.24) is 10.6 Å². The summed E-state index contributed by atoms with van der Waals surface area (Å²) in [4.78, 5) is 22.0. The van der Waals surface area contributed by atoms with Gasteiger partial charge in [-0.25, -0.2) is 4.79 Å². The van der Waals surface area contributed by atoms with Gasteiger partial charge in [0.2, 0.25) is 0 Å². The fourth-order valence-electron chi connectivity index (χ4n) is 4.30. The highest BCUT2D eigenvalue weighted by molar-refractivity contribution is 5.97. The van der Waals surface area contributed by atoms with Crippen LogP contribution in [0.5, 0.6) is 0 Å². The zero-order valence-electron chi connectivity index (χ0n) is 20.9. The highest BCUT2D eigenvalue weighted by atomic mass is 19.4. The maximum Gasteiger partial charge on any atom is 0.490 e. The van der Waals surface area contributed by atoms with Crippen molar-refractivity contribution in [2.45, 2.75) is 51.4 Å². The van der Waals surface area contributed by atoms with E-state index in [0.29, 0.717) is 6.04 Å². The lowest BCUT2D eigenvalue weighted by atomic mass is 9.99. The monoisotopic (exact) mass is 515 g/mol. The van der Waals surface area contributed by atoms with Gasteiger partial charge in [0.05, 0.1) is 6.04 Å². The molecule has 1 heterocycles. The Bertz CT molecular complexity index is 1220. The summed E-state index contributed by atoms with van der Waals surface area (Å²) < 4.78 is 31.7. The number of benzene rings is 3. The lowest BCUT2D eigenvalue weighted by Crippen LogP contribution is -2.39. The van der Waals surface area contributed by atoms with Crippen LogP contribution in [0.2, 0.25) is 0 Å². The molecule has 0 saturated carbocycles. The molecule has 0 bridgehead atoms. The molecule has 1 saturated heterocycles. The van der Waals surface area contributed by atoms with Gasteiger partial charge in [-0.2, -0.15) is 13.2 Å². The van der Waals surface area contributed by atoms with Crippen LogP contribution in [0.1, 0.15) is 53.7 Å². The van der Waals surface area contributed by atoms with Crippen LogP contribution in [-0.4, -0.2) is 42.3 Å². The number of aryl methyl sites for hydroxylation is 1. The summed E-state index contributed by atoms with van der Waals surface area (Å²) in [6.07, 6.45) is -1.33. The molecule has 6 nitrogen and oxygen atoms in total. The minimum absolute atomic E-state index is 0.0348. The number of piperidine rings is 1. The SMILES string of the molecule is Cc1ccc(NC[C@@H]2CCCCN2)cc1C(=O)N[C@H](C)c1cccc2ccccc12.O=C(O)C(F)(F)F. The minimum atomic E-state index is -5.08. The van der Waals surface area contributed by atoms with E-state index in [4.69, 9.17) is 9.90 Å². The third-order valence-corrected chi connectivity index (χ3v) is 6.33. The first kappa shape index (κ1) is 28.0. The third kappa shape index (κ3) is 7.95. The molecular formula is C28H32F3N3O3. The van der Waals surface area contributed by atoms with E-state index >= 15 is 0 Å². The number of hydrogen-bond acceptors (Lipinski definition) is 4. The Morgan fingerprint density at radius 3 is 2.46 bits per heavy atom. The highest BCUT2D eigenvalue weighted by Gasteiger charge is 2.38. The van der Waals surface area contributed by atoms with Crippen LogP contribution in [0.4, 0.5) is 18.9 Å². The molecule has 0 aliphatic carbocycles. The summed E-state index contributed by atoms with van der Waals surface area (Å²) in [7, 11) is 0. The second-order valence-electron chi connectivity index (χ2n) is 9.12. The van der Waals surface area contributed by atoms with Crippen molar-refractivity contribution >= 4 is 28.3 Å². The van der Waals surface area contributed by atoms with E-state index in [2.05, 4.69) is 52.3 Å². The largest absolute Gasteiger partial charge is 0.490 e. The molecule has 3 aromatic rings. The van der Waals surface area contributed by atoms with Crippen molar-refractivity contribution in [3.63, 3.8) is 0 Å². The van der Waals surface area contributed by atoms with Gasteiger partial charge >= 0.3 is 12.1 Å². The fraction of sp³-hybridized carbons (Fsp3) is 0.357. The van der Waals surface area contributed by atoms with Crippen LogP contribution in [0.3, 0.4) is 0 Å². The number of rotatable bonds is 6. The number of alkyl halides is 3. The first-order valence-corrected chi connectivity index (χ1v) is 12.2. The summed E-state index contributed by atoms with van der Waals surface area (Å²) >= 11 is 0. The molecule has 0 unspecified atom stereocenters. The lowest BCUT2D eigenvalue weighted by molar-refractivity contribution is -0.192. The van der Waals surface area contributed by atoms with E-state index in [-0.39, 0.29) is 11.9 Å². The topological polar surface area (TPSA) is 90.5 Å². The average Bonchev–Trinajstić information content (AvgIpc) is 2.88. The quantitative estimate of drug-likeness (QED) is 0.332. The number of carboxylic acid groups (broad SMARTS) is 1. The van der Waals surface area contributed by atoms with Gasteiger partial charge in [-0.1, -0.05) is 55.0 Å². The number of halogens is 3. The lowest BCUT2D eigenvalue weighted by Gasteiger charge is -2.24. The maximum absolute atomic E-state index is 13.1. The fourth-order valence-corrected chi connectivity index (χ4v) is 4.30. The Morgan fingerprint density at radius 2 is 1.78 bits per heavy atom. The van der Waals surface area contributed by atoms with Gasteiger partial charge in [0.1, 0.15) is 0 Å². The minimum Gasteiger partial charge on any atom is -0.475 e. The summed E-state index contributed by atoms with van der Waals surface area (Å²) in [5.41, 5.74) is 3.84. The van der Waals surface area contributed by atoms with E-state index < -0.39 is 12.1 Å². The van der Waals surface area contributed by atoms with Crippen molar-refractivity contribution in [3.05, 3.63) is 77.4 Å². The number of carbonyl (C=O) groups excluding carboxylic acids is 1. The molecule has 3 aromatic carbocycles. The van der Waals surface area contributed by atoms with Crippen molar-refractivity contribution in [2.75, 3.05) is 18.4 Å². The summed E-state index contributed by atoms with van der Waals surface area (Å²) in [6.45, 7) is 6.02. The van der Waals surface area contributed by atoms with Crippen LogP contribution in [0, 0.1) is 6.92 Å². The predicted octanol–water partition coefficient (Wildman–Crippen LogP) is 5.83. The van der Waals surface area contributed by atoms with Crippen LogP contribution in [-0.2, 0) is 4.79 Å². The number of anilines is 1. The number of aliphatic carboxylic acids is 1. The molecule has 1 aliphatic heterocycles. The number of carboxylic acids is 1. The van der Waals surface area contributed by atoms with Crippen molar-refractivity contribution in [3.8, 4) is 0 Å². The van der Waals surface area contributed by atoms with Gasteiger partial charge < -0.3 is 21.1 Å². The van der Waals surface area contributed by atoms with Gasteiger partial charge in [-0.15, -0.1) is 0 Å². The molecule has 0 radical (unpaired) electrons. The molecule has 0 aromatic heterocycles. The summed E-state index contributed by atoms with van der Waals surface area (Å²) in [5.74, 6) is -2.79. The van der Waals surface area contributed by atoms with E-state index in [0.717, 1.165) is 35.5 Å². The predicted molar refractivity (Wildman–Crippen MR) is 139 cm³/mol. The van der Waals surface area contributed by atoms with Gasteiger partial charge in [0.15, 0.2) is 0 Å². The molecule has 1 aliphatic rings. The number of amides is 1. The molecule has 1 fully saturated rings. The molecule has 37 heavy (non-hydrogen) atoms. The standard InChI is InChI=1S/C26H31N3O.C2HF3O2/c1-18-13-14-21(28-17-22-10-5-6-15-27-22)16-25(18)26(30)29-19(2)23-12-7-9-20-8-3-4-11-24(20)23;3-2(4,5)1(6)7/h3-4,7-9,11-14,16,19,22,27-28H,5-6,10,15,17H2,1-2H3,(H,29,30);(H,6,7)/t19-,22+;/m1./s1. The zero-order valence-corrected chi connectivity index (χ0v) is 20.9. The first-order valence-electron chi connectivity index (χ1n) is 12.2. The van der Waals surface area contributed by atoms with Crippen LogP contribution in [0.15, 0.2) is 60.7 Å². The van der Waals surface area contributed by atoms with Gasteiger partial charge in [-0.3, -0.25) is 4.79 Å². The Labute approximate surface area is 214 Å². The Morgan fingerprint density at radius 1 is 1.08 bits per heavy atom. The highest BCUT2D eigenvalue weighted by Crippen LogP contribution is 2.25. The number of carbonyl (C=O) groups is 2. The summed E-state index contributed by atoms with van der Waals surface area (Å²) in [6, 6.07) is 21.0. The molecule has 198 valence electrons. The molecule has 4 rings (SSSR count). The van der Waals surface area contributed by atoms with Crippen LogP contribution in [0.25, 0.3) is 10.8 Å². The molecule has 4 N–H and O–H groups in total. The van der Waals surface area contributed by atoms with Crippen LogP contribution < -0.4 is 16.0 Å². The zero-order chi connectivity index (χ0) is 27.0. The maximum atomic E-state index is 13.1. The molecule has 9 heteroatoms. The third-order valence-electron chi connectivity index (χ3n) is 6.33. The van der Waals surface area contributed by atoms with E-state index in [1.54, 1.807) is 0 Å². The Balaban J connectivity index is 0.000000479. The second-order valence-corrected chi connectivity index (χ2v) is 9.12. The Hall–Kier alpha value is -3.59. The number of hydrogen-bond donors (Lipinski definition) is 4. The van der Waals surface area contributed by atoms with Gasteiger partial charge in [0.25, 0.3) is 5.91 Å². The Kier molecular flexibility index (Phi) is 9.52. The second kappa shape index (κ2) is 12.6. The van der Waals surface area contributed by atoms with Crippen molar-refractivity contribution < 1.29 is 27.9 Å². The molecular weight excluding hydrogens is 483 g/mol. The van der Waals surface area contributed by atoms with Gasteiger partial charge in [0, 0.05) is 23.8 Å². The van der Waals surface area contributed by atoms with E-state index in [9.17, 15) is 18.0 Å². The first-order chi connectivity index (χ1) is 17.6. The molecule has 2 atom stereocenters. The van der Waals surface area contributed by atoms with Gasteiger partial charge in [-0.05, 0) is 67.3 Å². The van der Waals surface area contributed by atoms with Crippen LogP contribution >= 0.6 is 0 Å². The smallest absolute Gasteiger partial charge is 0.475 e.